The lowest BCUT2D eigenvalue weighted by Crippen LogP contribution is -2.47. The van der Waals surface area contributed by atoms with Gasteiger partial charge in [-0.25, -0.2) is 9.97 Å². The summed E-state index contributed by atoms with van der Waals surface area (Å²) in [6.45, 7) is 5.58. The van der Waals surface area contributed by atoms with Crippen LogP contribution in [0.3, 0.4) is 0 Å². The summed E-state index contributed by atoms with van der Waals surface area (Å²) in [6, 6.07) is 8.36. The molecule has 1 aliphatic heterocycles. The van der Waals surface area contributed by atoms with E-state index in [-0.39, 0.29) is 11.5 Å². The summed E-state index contributed by atoms with van der Waals surface area (Å²) in [7, 11) is 1.69. The second-order valence-electron chi connectivity index (χ2n) is 7.57. The number of aliphatic hydroxyl groups excluding tert-OH is 1. The Bertz CT molecular complexity index is 772. The van der Waals surface area contributed by atoms with Crippen LogP contribution in [0, 0.1) is 0 Å². The molecule has 0 unspecified atom stereocenters. The quantitative estimate of drug-likeness (QED) is 0.845. The van der Waals surface area contributed by atoms with Gasteiger partial charge in [-0.05, 0) is 44.0 Å². The highest BCUT2D eigenvalue weighted by molar-refractivity contribution is 5.44. The number of benzene rings is 1. The molecule has 2 aromatic rings. The molecule has 6 nitrogen and oxygen atoms in total. The van der Waals surface area contributed by atoms with Crippen molar-refractivity contribution >= 4 is 5.95 Å². The number of aliphatic hydroxyl groups is 1. The van der Waals surface area contributed by atoms with Gasteiger partial charge in [-0.15, -0.1) is 0 Å². The van der Waals surface area contributed by atoms with E-state index >= 15 is 0 Å². The maximum Gasteiger partial charge on any atom is 0.222 e. The molecule has 144 valence electrons. The van der Waals surface area contributed by atoms with Gasteiger partial charge < -0.3 is 15.2 Å². The maximum absolute atomic E-state index is 11.1. The van der Waals surface area contributed by atoms with Gasteiger partial charge in [0.25, 0.3) is 0 Å². The van der Waals surface area contributed by atoms with Crippen LogP contribution >= 0.6 is 0 Å². The van der Waals surface area contributed by atoms with Crippen LogP contribution in [0.1, 0.15) is 42.6 Å². The molecule has 1 saturated heterocycles. The molecule has 1 aliphatic carbocycles. The van der Waals surface area contributed by atoms with Gasteiger partial charge in [0.05, 0.1) is 6.10 Å². The molecule has 0 amide bonds. The predicted octanol–water partition coefficient (Wildman–Crippen LogP) is 2.50. The topological polar surface area (TPSA) is 70.5 Å². The summed E-state index contributed by atoms with van der Waals surface area (Å²) in [5.41, 5.74) is 3.34. The van der Waals surface area contributed by atoms with Crippen molar-refractivity contribution in [3.63, 3.8) is 0 Å². The van der Waals surface area contributed by atoms with Crippen molar-refractivity contribution in [1.82, 2.24) is 14.9 Å². The average molecular weight is 368 g/mol. The Morgan fingerprint density at radius 1 is 1.22 bits per heavy atom. The number of piperidine rings is 1. The molecule has 2 atom stereocenters. The fourth-order valence-electron chi connectivity index (χ4n) is 4.69. The number of hydrogen-bond acceptors (Lipinski definition) is 6. The molecule has 4 rings (SSSR count). The van der Waals surface area contributed by atoms with Gasteiger partial charge in [-0.3, -0.25) is 4.90 Å². The molecule has 1 fully saturated rings. The standard InChI is InChI=1S/C21H28N4O2/c1-3-22-20-23-12-15(13-24-20)14-25-10-8-21(9-11-25)17-7-5-4-6-16(17)18(27-2)19(21)26/h4-7,12-13,18-19,26H,3,8-11,14H2,1-2H3,(H,22,23,24)/t18-,19+/m1/s1. The first-order chi connectivity index (χ1) is 13.2. The number of nitrogens with zero attached hydrogens (tertiary/aromatic N) is 3. The molecular formula is C21H28N4O2. The molecule has 2 heterocycles. The van der Waals surface area contributed by atoms with E-state index in [9.17, 15) is 5.11 Å². The van der Waals surface area contributed by atoms with E-state index in [0.717, 1.165) is 50.1 Å². The number of ether oxygens (including phenoxy) is 1. The lowest BCUT2D eigenvalue weighted by Gasteiger charge is -2.42. The molecule has 2 aliphatic rings. The maximum atomic E-state index is 11.1. The van der Waals surface area contributed by atoms with Crippen molar-refractivity contribution in [3.8, 4) is 0 Å². The Morgan fingerprint density at radius 2 is 1.93 bits per heavy atom. The minimum absolute atomic E-state index is 0.195. The largest absolute Gasteiger partial charge is 0.389 e. The molecule has 2 N–H and O–H groups in total. The van der Waals surface area contributed by atoms with Crippen molar-refractivity contribution in [2.45, 2.75) is 43.9 Å². The van der Waals surface area contributed by atoms with Crippen LogP contribution in [0.2, 0.25) is 0 Å². The van der Waals surface area contributed by atoms with Crippen molar-refractivity contribution in [2.75, 3.05) is 32.1 Å². The summed E-state index contributed by atoms with van der Waals surface area (Å²) in [6.07, 6.45) is 4.96. The van der Waals surface area contributed by atoms with Crippen LogP contribution in [-0.2, 0) is 16.7 Å². The van der Waals surface area contributed by atoms with E-state index in [0.29, 0.717) is 5.95 Å². The smallest absolute Gasteiger partial charge is 0.222 e. The van der Waals surface area contributed by atoms with Gasteiger partial charge in [-0.1, -0.05) is 24.3 Å². The number of rotatable bonds is 5. The Balaban J connectivity index is 1.45. The third-order valence-electron chi connectivity index (χ3n) is 6.11. The van der Waals surface area contributed by atoms with Crippen LogP contribution in [0.5, 0.6) is 0 Å². The lowest BCUT2D eigenvalue weighted by molar-refractivity contribution is -0.0551. The zero-order chi connectivity index (χ0) is 18.9. The van der Waals surface area contributed by atoms with Crippen LogP contribution in [0.15, 0.2) is 36.7 Å². The Hall–Kier alpha value is -2.02. The van der Waals surface area contributed by atoms with Gasteiger partial charge in [0.15, 0.2) is 0 Å². The van der Waals surface area contributed by atoms with Crippen molar-refractivity contribution in [3.05, 3.63) is 53.3 Å². The molecule has 1 aromatic heterocycles. The number of likely N-dealkylation sites (tertiary alicyclic amines) is 1. The van der Waals surface area contributed by atoms with Crippen LogP contribution in [0.4, 0.5) is 5.95 Å². The van der Waals surface area contributed by atoms with Crippen molar-refractivity contribution in [1.29, 1.82) is 0 Å². The number of methoxy groups -OCH3 is 1. The fraction of sp³-hybridized carbons (Fsp3) is 0.524. The second-order valence-corrected chi connectivity index (χ2v) is 7.57. The van der Waals surface area contributed by atoms with E-state index in [1.165, 1.54) is 5.56 Å². The zero-order valence-electron chi connectivity index (χ0n) is 16.1. The van der Waals surface area contributed by atoms with Gasteiger partial charge in [0.1, 0.15) is 6.10 Å². The molecule has 0 saturated carbocycles. The summed E-state index contributed by atoms with van der Waals surface area (Å²) >= 11 is 0. The molecule has 6 heteroatoms. The molecule has 1 spiro atoms. The summed E-state index contributed by atoms with van der Waals surface area (Å²) < 4.78 is 5.64. The third-order valence-corrected chi connectivity index (χ3v) is 6.11. The van der Waals surface area contributed by atoms with E-state index in [4.69, 9.17) is 4.74 Å². The number of fused-ring (bicyclic) bond motifs is 2. The van der Waals surface area contributed by atoms with Gasteiger partial charge >= 0.3 is 0 Å². The van der Waals surface area contributed by atoms with E-state index in [2.05, 4.69) is 38.4 Å². The monoisotopic (exact) mass is 368 g/mol. The molecule has 0 bridgehead atoms. The third kappa shape index (κ3) is 3.22. The Labute approximate surface area is 160 Å². The average Bonchev–Trinajstić information content (AvgIpc) is 2.93. The van der Waals surface area contributed by atoms with Crippen LogP contribution < -0.4 is 5.32 Å². The first kappa shape index (κ1) is 18.3. The summed E-state index contributed by atoms with van der Waals surface area (Å²) in [4.78, 5) is 11.1. The zero-order valence-corrected chi connectivity index (χ0v) is 16.1. The van der Waals surface area contributed by atoms with Crippen LogP contribution in [-0.4, -0.2) is 52.8 Å². The SMILES string of the molecule is CCNc1ncc(CN2CCC3(CC2)c2ccccc2[C@@H](OC)[C@@H]3O)cn1. The normalized spacial score (nSPS) is 24.1. The number of anilines is 1. The summed E-state index contributed by atoms with van der Waals surface area (Å²) in [5, 5.41) is 14.2. The highest BCUT2D eigenvalue weighted by Crippen LogP contribution is 2.51. The molecule has 0 radical (unpaired) electrons. The van der Waals surface area contributed by atoms with E-state index < -0.39 is 6.10 Å². The first-order valence-corrected chi connectivity index (χ1v) is 9.75. The minimum atomic E-state index is -0.482. The molecular weight excluding hydrogens is 340 g/mol. The number of hydrogen-bond donors (Lipinski definition) is 2. The Kier molecular flexibility index (Phi) is 5.12. The van der Waals surface area contributed by atoms with Gasteiger partial charge in [-0.2, -0.15) is 0 Å². The predicted molar refractivity (Wildman–Crippen MR) is 105 cm³/mol. The highest BCUT2D eigenvalue weighted by Gasteiger charge is 2.52. The lowest BCUT2D eigenvalue weighted by atomic mass is 9.72. The van der Waals surface area contributed by atoms with Gasteiger partial charge in [0.2, 0.25) is 5.95 Å². The highest BCUT2D eigenvalue weighted by atomic mass is 16.5. The minimum Gasteiger partial charge on any atom is -0.389 e. The number of aromatic nitrogens is 2. The molecule has 27 heavy (non-hydrogen) atoms. The summed E-state index contributed by atoms with van der Waals surface area (Å²) in [5.74, 6) is 0.676. The van der Waals surface area contributed by atoms with E-state index in [1.54, 1.807) is 7.11 Å². The second kappa shape index (κ2) is 7.54. The van der Waals surface area contributed by atoms with Crippen LogP contribution in [0.25, 0.3) is 0 Å². The van der Waals surface area contributed by atoms with Crippen molar-refractivity contribution in [2.24, 2.45) is 0 Å². The number of nitrogens with one attached hydrogen (secondary N) is 1. The van der Waals surface area contributed by atoms with E-state index in [1.807, 2.05) is 25.4 Å². The van der Waals surface area contributed by atoms with Crippen molar-refractivity contribution < 1.29 is 9.84 Å². The fourth-order valence-corrected chi connectivity index (χ4v) is 4.69. The first-order valence-electron chi connectivity index (χ1n) is 9.75. The Morgan fingerprint density at radius 3 is 2.59 bits per heavy atom. The molecule has 1 aromatic carbocycles. The van der Waals surface area contributed by atoms with Gasteiger partial charge in [0, 0.05) is 43.6 Å².